The molecule has 0 aromatic heterocycles. The molecule has 0 aromatic carbocycles. The van der Waals surface area contributed by atoms with Crippen LogP contribution in [0.3, 0.4) is 0 Å². The van der Waals surface area contributed by atoms with E-state index in [-0.39, 0.29) is 24.3 Å². The van der Waals surface area contributed by atoms with Crippen molar-refractivity contribution in [2.75, 3.05) is 0 Å². The molecule has 0 saturated carbocycles. The van der Waals surface area contributed by atoms with Crippen LogP contribution in [0.1, 0.15) is 53.4 Å². The van der Waals surface area contributed by atoms with Crippen LogP contribution in [0.5, 0.6) is 0 Å². The monoisotopic (exact) mass is 388 g/mol. The lowest BCUT2D eigenvalue weighted by Gasteiger charge is -2.28. The molecule has 0 spiro atoms. The number of rotatable bonds is 9. The van der Waals surface area contributed by atoms with Gasteiger partial charge in [-0.1, -0.05) is 62.9 Å². The standard InChI is InChI=1S/C8H25P7.CH4.H3P/c1-3-4-5-6-7-8(2)14(12-9)15(11)13-10;;/h8,12-13H,3-7,9-11H2,1-2H3;1H4;1H3. The lowest BCUT2D eigenvalue weighted by molar-refractivity contribution is 0.630. The zero-order chi connectivity index (χ0) is 11.7. The van der Waals surface area contributed by atoms with Gasteiger partial charge < -0.3 is 0 Å². The molecule has 8 heteroatoms. The van der Waals surface area contributed by atoms with Crippen LogP contribution in [0.4, 0.5) is 0 Å². The van der Waals surface area contributed by atoms with Crippen LogP contribution in [0.25, 0.3) is 0 Å². The van der Waals surface area contributed by atoms with Crippen molar-refractivity contribution in [2.24, 2.45) is 0 Å². The van der Waals surface area contributed by atoms with E-state index in [4.69, 9.17) is 0 Å². The molecule has 0 rings (SSSR count). The van der Waals surface area contributed by atoms with Gasteiger partial charge in [0, 0.05) is 0 Å². The zero-order valence-corrected chi connectivity index (χ0v) is 19.1. The van der Waals surface area contributed by atoms with Crippen molar-refractivity contribution < 1.29 is 0 Å². The Labute approximate surface area is 126 Å². The largest absolute Gasteiger partial charge is 0.153 e. The summed E-state index contributed by atoms with van der Waals surface area (Å²) in [5.74, 6) is 0. The second kappa shape index (κ2) is 17.5. The molecular formula is C9H32P8. The van der Waals surface area contributed by atoms with Crippen molar-refractivity contribution >= 4 is 66.9 Å². The normalized spacial score (nSPS) is 16.8. The Hall–Kier alpha value is 3.44. The second-order valence-corrected chi connectivity index (χ2v) is 24.8. The van der Waals surface area contributed by atoms with Gasteiger partial charge in [0.25, 0.3) is 0 Å². The Kier molecular flexibility index (Phi) is 26.1. The molecule has 0 amide bonds. The first-order chi connectivity index (χ1) is 7.17. The van der Waals surface area contributed by atoms with Crippen molar-refractivity contribution in [1.82, 2.24) is 0 Å². The Morgan fingerprint density at radius 2 is 1.71 bits per heavy atom. The van der Waals surface area contributed by atoms with Crippen LogP contribution >= 0.6 is 66.9 Å². The summed E-state index contributed by atoms with van der Waals surface area (Å²) >= 11 is 0. The molecule has 0 nitrogen and oxygen atoms in total. The van der Waals surface area contributed by atoms with Gasteiger partial charge in [0.15, 0.2) is 0 Å². The molecule has 0 N–H and O–H groups in total. The van der Waals surface area contributed by atoms with Gasteiger partial charge in [-0.05, 0) is 26.4 Å². The van der Waals surface area contributed by atoms with Gasteiger partial charge >= 0.3 is 0 Å². The molecule has 9 unspecified atom stereocenters. The molecule has 9 atom stereocenters. The van der Waals surface area contributed by atoms with Crippen molar-refractivity contribution in [3.8, 4) is 0 Å². The molecule has 0 fully saturated rings. The molecule has 0 aromatic rings. The molecular weight excluding hydrogens is 356 g/mol. The molecule has 0 heterocycles. The average Bonchev–Trinajstić information content (AvgIpc) is 2.25. The Morgan fingerprint density at radius 1 is 1.12 bits per heavy atom. The van der Waals surface area contributed by atoms with Gasteiger partial charge in [-0.25, -0.2) is 0 Å². The first-order valence-electron chi connectivity index (χ1n) is 5.43. The third kappa shape index (κ3) is 12.9. The molecule has 0 aliphatic rings. The smallest absolute Gasteiger partial charge is 0.0154 e. The topological polar surface area (TPSA) is 0 Å². The van der Waals surface area contributed by atoms with Crippen LogP contribution in [0.15, 0.2) is 0 Å². The minimum Gasteiger partial charge on any atom is -0.153 e. The Morgan fingerprint density at radius 3 is 2.12 bits per heavy atom. The quantitative estimate of drug-likeness (QED) is 0.284. The summed E-state index contributed by atoms with van der Waals surface area (Å²) in [5.41, 5.74) is 0.990. The summed E-state index contributed by atoms with van der Waals surface area (Å²) in [6.07, 6.45) is 7.15. The van der Waals surface area contributed by atoms with Crippen molar-refractivity contribution in [3.05, 3.63) is 0 Å². The van der Waals surface area contributed by atoms with Gasteiger partial charge in [0.1, 0.15) is 0 Å². The summed E-state index contributed by atoms with van der Waals surface area (Å²) in [7, 11) is 11.6. The fraction of sp³-hybridized carbons (Fsp3) is 1.00. The predicted molar refractivity (Wildman–Crippen MR) is 116 cm³/mol. The molecule has 0 saturated heterocycles. The van der Waals surface area contributed by atoms with E-state index in [1.54, 1.807) is 0 Å². The van der Waals surface area contributed by atoms with E-state index in [1.165, 1.54) is 32.1 Å². The van der Waals surface area contributed by atoms with E-state index >= 15 is 0 Å². The van der Waals surface area contributed by atoms with E-state index in [0.717, 1.165) is 21.6 Å². The molecule has 17 heavy (non-hydrogen) atoms. The highest BCUT2D eigenvalue weighted by atomic mass is 33.0. The van der Waals surface area contributed by atoms with E-state index in [1.807, 2.05) is 0 Å². The number of unbranched alkanes of at least 4 members (excludes halogenated alkanes) is 3. The van der Waals surface area contributed by atoms with Gasteiger partial charge in [-0.3, -0.25) is 0 Å². The summed E-state index contributed by atoms with van der Waals surface area (Å²) in [6.45, 7) is 5.03. The molecule has 0 aliphatic carbocycles. The minimum atomic E-state index is 0. The number of hydrogen-bond donors (Lipinski definition) is 0. The van der Waals surface area contributed by atoms with Gasteiger partial charge in [-0.15, -0.1) is 26.8 Å². The minimum absolute atomic E-state index is 0. The van der Waals surface area contributed by atoms with Crippen molar-refractivity contribution in [3.63, 3.8) is 0 Å². The van der Waals surface area contributed by atoms with E-state index in [9.17, 15) is 0 Å². The van der Waals surface area contributed by atoms with Crippen LogP contribution in [0, 0.1) is 0 Å². The SMILES string of the molecule is C.CCCCCCC(C)P(PP)P(P)PP.P. The predicted octanol–water partition coefficient (Wildman–Crippen LogP) is 7.48. The van der Waals surface area contributed by atoms with E-state index < -0.39 is 0 Å². The van der Waals surface area contributed by atoms with Gasteiger partial charge in [0.2, 0.25) is 0 Å². The highest BCUT2D eigenvalue weighted by Gasteiger charge is 2.20. The molecule has 0 bridgehead atoms. The van der Waals surface area contributed by atoms with Crippen LogP contribution < -0.4 is 0 Å². The van der Waals surface area contributed by atoms with E-state index in [0.29, 0.717) is 7.30 Å². The maximum atomic E-state index is 3.13. The van der Waals surface area contributed by atoms with Gasteiger partial charge in [-0.2, -0.15) is 9.90 Å². The third-order valence-electron chi connectivity index (χ3n) is 2.39. The second-order valence-electron chi connectivity index (χ2n) is 3.65. The number of hydrogen-bond acceptors (Lipinski definition) is 0. The summed E-state index contributed by atoms with van der Waals surface area (Å²) in [4.78, 5) is 0. The molecule has 0 aliphatic heterocycles. The lowest BCUT2D eigenvalue weighted by Crippen LogP contribution is -1.94. The maximum Gasteiger partial charge on any atom is -0.0154 e. The first kappa shape index (κ1) is 25.4. The molecule has 108 valence electrons. The lowest BCUT2D eigenvalue weighted by atomic mass is 10.1. The van der Waals surface area contributed by atoms with Gasteiger partial charge in [0.05, 0.1) is 0 Å². The van der Waals surface area contributed by atoms with Crippen LogP contribution in [0.2, 0.25) is 0 Å². The van der Waals surface area contributed by atoms with Crippen molar-refractivity contribution in [1.29, 1.82) is 0 Å². The Balaban J connectivity index is -0.000000980. The summed E-state index contributed by atoms with van der Waals surface area (Å²) in [6, 6.07) is 0. The zero-order valence-electron chi connectivity index (χ0n) is 10.4. The summed E-state index contributed by atoms with van der Waals surface area (Å²) in [5, 5.41) is 0. The molecule has 0 radical (unpaired) electrons. The fourth-order valence-electron chi connectivity index (χ4n) is 1.45. The fourth-order valence-corrected chi connectivity index (χ4v) is 36.1. The van der Waals surface area contributed by atoms with Crippen LogP contribution in [-0.2, 0) is 0 Å². The highest BCUT2D eigenvalue weighted by molar-refractivity contribution is 8.93. The van der Waals surface area contributed by atoms with E-state index in [2.05, 4.69) is 40.6 Å². The van der Waals surface area contributed by atoms with Crippen molar-refractivity contribution in [2.45, 2.75) is 59.0 Å². The third-order valence-corrected chi connectivity index (χ3v) is 35.0. The Bertz CT molecular complexity index is 145. The van der Waals surface area contributed by atoms with Crippen LogP contribution in [-0.4, -0.2) is 5.66 Å². The average molecular weight is 388 g/mol. The summed E-state index contributed by atoms with van der Waals surface area (Å²) < 4.78 is 0. The maximum absolute atomic E-state index is 3.13. The highest BCUT2D eigenvalue weighted by Crippen LogP contribution is 2.94. The first-order valence-corrected chi connectivity index (χ1v) is 17.8.